The fourth-order valence-corrected chi connectivity index (χ4v) is 2.63. The number of nitrogens with one attached hydrogen (secondary N) is 1. The van der Waals surface area contributed by atoms with Gasteiger partial charge in [-0.05, 0) is 37.1 Å². The molecule has 26 heavy (non-hydrogen) atoms. The van der Waals surface area contributed by atoms with Crippen LogP contribution in [0, 0.1) is 24.0 Å². The van der Waals surface area contributed by atoms with Gasteiger partial charge in [0.25, 0.3) is 5.69 Å². The minimum absolute atomic E-state index is 0.0596. The zero-order valence-electron chi connectivity index (χ0n) is 14.7. The van der Waals surface area contributed by atoms with Crippen LogP contribution in [0.1, 0.15) is 18.1 Å². The van der Waals surface area contributed by atoms with Gasteiger partial charge in [-0.3, -0.25) is 14.9 Å². The largest absolute Gasteiger partial charge is 0.496 e. The van der Waals surface area contributed by atoms with Gasteiger partial charge in [-0.25, -0.2) is 0 Å². The summed E-state index contributed by atoms with van der Waals surface area (Å²) in [5.41, 5.74) is 1.81. The minimum Gasteiger partial charge on any atom is -0.496 e. The average Bonchev–Trinajstić information content (AvgIpc) is 2.54. The molecule has 1 N–H and O–H groups in total. The Labute approximate surface area is 155 Å². The van der Waals surface area contributed by atoms with Crippen molar-refractivity contribution < 1.29 is 14.5 Å². The molecule has 0 saturated heterocycles. The number of nitrogens with zero attached hydrogens (tertiary/aromatic N) is 3. The van der Waals surface area contributed by atoms with Gasteiger partial charge in [0.2, 0.25) is 5.91 Å². The van der Waals surface area contributed by atoms with Crippen molar-refractivity contribution in [2.24, 2.45) is 10.2 Å². The van der Waals surface area contributed by atoms with Gasteiger partial charge < -0.3 is 10.1 Å². The molecule has 0 unspecified atom stereocenters. The maximum Gasteiger partial charge on any atom is 0.298 e. The minimum atomic E-state index is -0.572. The van der Waals surface area contributed by atoms with Gasteiger partial charge in [0.15, 0.2) is 5.69 Å². The smallest absolute Gasteiger partial charge is 0.298 e. The van der Waals surface area contributed by atoms with E-state index in [1.807, 2.05) is 6.92 Å². The highest BCUT2D eigenvalue weighted by Gasteiger charge is 2.18. The second kappa shape index (κ2) is 7.92. The number of rotatable bonds is 5. The zero-order valence-corrected chi connectivity index (χ0v) is 15.4. The third-order valence-corrected chi connectivity index (χ3v) is 3.75. The van der Waals surface area contributed by atoms with Gasteiger partial charge in [0.1, 0.15) is 11.4 Å². The van der Waals surface area contributed by atoms with Gasteiger partial charge in [0, 0.05) is 19.1 Å². The molecule has 0 radical (unpaired) electrons. The van der Waals surface area contributed by atoms with Crippen LogP contribution in [0.5, 0.6) is 5.75 Å². The summed E-state index contributed by atoms with van der Waals surface area (Å²) in [6.07, 6.45) is 0. The van der Waals surface area contributed by atoms with Crippen LogP contribution in [0.25, 0.3) is 0 Å². The quantitative estimate of drug-likeness (QED) is 0.437. The summed E-state index contributed by atoms with van der Waals surface area (Å²) in [4.78, 5) is 22.1. The Kier molecular flexibility index (Phi) is 5.89. The number of halogens is 1. The van der Waals surface area contributed by atoms with E-state index in [-0.39, 0.29) is 28.0 Å². The lowest BCUT2D eigenvalue weighted by molar-refractivity contribution is -0.384. The number of nitro groups is 1. The zero-order chi connectivity index (χ0) is 19.4. The van der Waals surface area contributed by atoms with E-state index < -0.39 is 4.92 Å². The summed E-state index contributed by atoms with van der Waals surface area (Å²) in [6.45, 7) is 4.87. The first kappa shape index (κ1) is 19.3. The van der Waals surface area contributed by atoms with E-state index in [9.17, 15) is 14.9 Å². The Bertz CT molecular complexity index is 912. The fourth-order valence-electron chi connectivity index (χ4n) is 2.33. The summed E-state index contributed by atoms with van der Waals surface area (Å²) >= 11 is 6.10. The van der Waals surface area contributed by atoms with Crippen molar-refractivity contribution in [3.8, 4) is 5.75 Å². The third-order valence-electron chi connectivity index (χ3n) is 3.47. The second-order valence-corrected chi connectivity index (χ2v) is 6.00. The molecule has 0 atom stereocenters. The lowest BCUT2D eigenvalue weighted by Crippen LogP contribution is -2.06. The molecule has 2 rings (SSSR count). The number of amides is 1. The number of hydrogen-bond acceptors (Lipinski definition) is 6. The molecule has 9 heteroatoms. The number of benzene rings is 2. The monoisotopic (exact) mass is 376 g/mol. The van der Waals surface area contributed by atoms with Crippen molar-refractivity contribution in [3.05, 3.63) is 50.5 Å². The van der Waals surface area contributed by atoms with E-state index in [0.29, 0.717) is 17.0 Å². The highest BCUT2D eigenvalue weighted by atomic mass is 35.5. The Balaban J connectivity index is 2.57. The Hall–Kier alpha value is -3.00. The molecule has 0 aliphatic carbocycles. The molecule has 0 saturated carbocycles. The van der Waals surface area contributed by atoms with Gasteiger partial charge in [0.05, 0.1) is 22.7 Å². The molecule has 0 bridgehead atoms. The number of carbonyl (C=O) groups excluding carboxylic acids is 1. The van der Waals surface area contributed by atoms with Gasteiger partial charge in [-0.15, -0.1) is 10.2 Å². The first-order chi connectivity index (χ1) is 12.2. The number of azo groups is 1. The molecular formula is C17H17ClN4O4. The summed E-state index contributed by atoms with van der Waals surface area (Å²) in [6, 6.07) is 6.19. The summed E-state index contributed by atoms with van der Waals surface area (Å²) < 4.78 is 5.25. The number of aryl methyl sites for hydroxylation is 2. The highest BCUT2D eigenvalue weighted by molar-refractivity contribution is 6.33. The van der Waals surface area contributed by atoms with E-state index in [0.717, 1.165) is 5.56 Å². The van der Waals surface area contributed by atoms with Crippen molar-refractivity contribution in [1.82, 2.24) is 0 Å². The highest BCUT2D eigenvalue weighted by Crippen LogP contribution is 2.39. The predicted octanol–water partition coefficient (Wildman–Crippen LogP) is 5.25. The molecule has 1 amide bonds. The molecule has 0 aromatic heterocycles. The fraction of sp³-hybridized carbons (Fsp3) is 0.235. The SMILES string of the molecule is COc1cc(N=Nc2c(Cl)cc(C)cc2[N+](=O)[O-])c(NC(C)=O)cc1C. The second-order valence-electron chi connectivity index (χ2n) is 5.59. The van der Waals surface area contributed by atoms with Crippen LogP contribution in [0.3, 0.4) is 0 Å². The predicted molar refractivity (Wildman–Crippen MR) is 99.1 cm³/mol. The maximum atomic E-state index is 11.4. The Morgan fingerprint density at radius 2 is 1.92 bits per heavy atom. The molecule has 136 valence electrons. The first-order valence-corrected chi connectivity index (χ1v) is 7.93. The number of methoxy groups -OCH3 is 1. The summed E-state index contributed by atoms with van der Waals surface area (Å²) in [7, 11) is 1.50. The number of ether oxygens (including phenoxy) is 1. The molecule has 0 heterocycles. The molecule has 0 spiro atoms. The lowest BCUT2D eigenvalue weighted by atomic mass is 10.1. The van der Waals surface area contributed by atoms with Crippen LogP contribution in [0.4, 0.5) is 22.7 Å². The Morgan fingerprint density at radius 3 is 2.50 bits per heavy atom. The molecule has 2 aromatic carbocycles. The number of carbonyl (C=O) groups is 1. The number of hydrogen-bond donors (Lipinski definition) is 1. The van der Waals surface area contributed by atoms with Crippen molar-refractivity contribution in [2.45, 2.75) is 20.8 Å². The molecule has 0 aliphatic rings. The van der Waals surface area contributed by atoms with E-state index >= 15 is 0 Å². The van der Waals surface area contributed by atoms with Gasteiger partial charge in [-0.1, -0.05) is 11.6 Å². The topological polar surface area (TPSA) is 106 Å². The van der Waals surface area contributed by atoms with Crippen LogP contribution in [-0.2, 0) is 4.79 Å². The van der Waals surface area contributed by atoms with Crippen molar-refractivity contribution in [3.63, 3.8) is 0 Å². The van der Waals surface area contributed by atoms with Crippen LogP contribution >= 0.6 is 11.6 Å². The molecule has 8 nitrogen and oxygen atoms in total. The van der Waals surface area contributed by atoms with Crippen LogP contribution in [0.15, 0.2) is 34.5 Å². The molecular weight excluding hydrogens is 360 g/mol. The lowest BCUT2D eigenvalue weighted by Gasteiger charge is -2.11. The molecule has 0 fully saturated rings. The normalized spacial score (nSPS) is 10.8. The van der Waals surface area contributed by atoms with Crippen molar-refractivity contribution in [2.75, 3.05) is 12.4 Å². The van der Waals surface area contributed by atoms with Crippen molar-refractivity contribution >= 4 is 40.3 Å². The van der Waals surface area contributed by atoms with Crippen LogP contribution < -0.4 is 10.1 Å². The number of anilines is 1. The van der Waals surface area contributed by atoms with E-state index in [4.69, 9.17) is 16.3 Å². The van der Waals surface area contributed by atoms with E-state index in [2.05, 4.69) is 15.5 Å². The Morgan fingerprint density at radius 1 is 1.23 bits per heavy atom. The van der Waals surface area contributed by atoms with Gasteiger partial charge in [-0.2, -0.15) is 0 Å². The summed E-state index contributed by atoms with van der Waals surface area (Å²) in [5, 5.41) is 22.0. The van der Waals surface area contributed by atoms with Crippen LogP contribution in [0.2, 0.25) is 5.02 Å². The molecule has 2 aromatic rings. The third kappa shape index (κ3) is 4.34. The average molecular weight is 377 g/mol. The number of nitro benzene ring substituents is 1. The standard InChI is InChI=1S/C17H17ClN4O4/c1-9-5-12(18)17(15(6-9)22(24)25)21-20-14-8-16(26-4)10(2)7-13(14)19-11(3)23/h5-8H,1-4H3,(H,19,23). The van der Waals surface area contributed by atoms with Crippen LogP contribution in [-0.4, -0.2) is 17.9 Å². The van der Waals surface area contributed by atoms with E-state index in [1.54, 1.807) is 25.1 Å². The van der Waals surface area contributed by atoms with Crippen molar-refractivity contribution in [1.29, 1.82) is 0 Å². The summed E-state index contributed by atoms with van der Waals surface area (Å²) in [5.74, 6) is 0.253. The van der Waals surface area contributed by atoms with E-state index in [1.165, 1.54) is 20.1 Å². The molecule has 0 aliphatic heterocycles. The van der Waals surface area contributed by atoms with Gasteiger partial charge >= 0.3 is 0 Å². The first-order valence-electron chi connectivity index (χ1n) is 7.55. The maximum absolute atomic E-state index is 11.4.